The molecule has 0 aromatic heterocycles. The number of phenols is 1. The highest BCUT2D eigenvalue weighted by Crippen LogP contribution is 2.36. The lowest BCUT2D eigenvalue weighted by Crippen LogP contribution is -2.44. The van der Waals surface area contributed by atoms with Gasteiger partial charge in [0.15, 0.2) is 0 Å². The van der Waals surface area contributed by atoms with Crippen molar-refractivity contribution in [1.29, 1.82) is 0 Å². The van der Waals surface area contributed by atoms with Gasteiger partial charge in [-0.05, 0) is 38.9 Å². The molecule has 0 bridgehead atoms. The minimum absolute atomic E-state index is 0.223. The molecule has 5 heteroatoms. The summed E-state index contributed by atoms with van der Waals surface area (Å²) in [6.45, 7) is 4.98. The number of aromatic hydroxyl groups is 1. The zero-order valence-electron chi connectivity index (χ0n) is 12.3. The summed E-state index contributed by atoms with van der Waals surface area (Å²) in [7, 11) is 0. The Labute approximate surface area is 124 Å². The molecular formula is C16H22N2O3. The number of hydrogen-bond acceptors (Lipinski definition) is 4. The van der Waals surface area contributed by atoms with Crippen LogP contribution in [0, 0.1) is 5.92 Å². The normalized spacial score (nSPS) is 26.9. The van der Waals surface area contributed by atoms with E-state index >= 15 is 0 Å². The van der Waals surface area contributed by atoms with Crippen LogP contribution in [0.25, 0.3) is 0 Å². The van der Waals surface area contributed by atoms with Gasteiger partial charge in [0.25, 0.3) is 0 Å². The lowest BCUT2D eigenvalue weighted by Gasteiger charge is -2.34. The van der Waals surface area contributed by atoms with Gasteiger partial charge in [-0.1, -0.05) is 18.2 Å². The van der Waals surface area contributed by atoms with Gasteiger partial charge in [-0.15, -0.1) is 0 Å². The molecule has 2 aliphatic heterocycles. The fraction of sp³-hybridized carbons (Fsp3) is 0.562. The molecule has 1 aromatic rings. The summed E-state index contributed by atoms with van der Waals surface area (Å²) < 4.78 is 5.69. The van der Waals surface area contributed by atoms with E-state index in [0.717, 1.165) is 31.5 Å². The average Bonchev–Trinajstić information content (AvgIpc) is 2.78. The highest BCUT2D eigenvalue weighted by molar-refractivity contribution is 5.71. The fourth-order valence-corrected chi connectivity index (χ4v) is 3.36. The Morgan fingerprint density at radius 3 is 2.81 bits per heavy atom. The van der Waals surface area contributed by atoms with Crippen LogP contribution < -0.4 is 5.32 Å². The second-order valence-corrected chi connectivity index (χ2v) is 6.19. The number of para-hydroxylation sites is 1. The molecule has 2 saturated heterocycles. The Hall–Kier alpha value is -1.75. The highest BCUT2D eigenvalue weighted by Gasteiger charge is 2.47. The zero-order valence-corrected chi connectivity index (χ0v) is 12.3. The smallest absolute Gasteiger partial charge is 0.410 e. The van der Waals surface area contributed by atoms with Crippen molar-refractivity contribution >= 4 is 6.09 Å². The summed E-state index contributed by atoms with van der Waals surface area (Å²) in [5.41, 5.74) is 0.341. The first-order chi connectivity index (χ1) is 10.1. The number of amides is 1. The summed E-state index contributed by atoms with van der Waals surface area (Å²) >= 11 is 0. The van der Waals surface area contributed by atoms with Crippen LogP contribution in [0.1, 0.15) is 25.3 Å². The molecule has 114 valence electrons. The molecule has 2 N–H and O–H groups in total. The molecule has 0 saturated carbocycles. The van der Waals surface area contributed by atoms with Gasteiger partial charge >= 0.3 is 6.09 Å². The van der Waals surface area contributed by atoms with E-state index in [9.17, 15) is 9.90 Å². The van der Waals surface area contributed by atoms with Crippen molar-refractivity contribution in [2.75, 3.05) is 19.6 Å². The van der Waals surface area contributed by atoms with Crippen LogP contribution in [0.3, 0.4) is 0 Å². The number of benzene rings is 1. The number of carbonyl (C=O) groups excluding carboxylic acids is 1. The molecule has 2 aliphatic rings. The number of nitrogens with one attached hydrogen (secondary N) is 1. The zero-order chi connectivity index (χ0) is 14.9. The van der Waals surface area contributed by atoms with E-state index in [4.69, 9.17) is 4.74 Å². The van der Waals surface area contributed by atoms with Crippen molar-refractivity contribution in [1.82, 2.24) is 10.2 Å². The Bertz CT molecular complexity index is 528. The van der Waals surface area contributed by atoms with E-state index in [1.807, 2.05) is 19.1 Å². The molecule has 1 aromatic carbocycles. The number of cyclic esters (lactones) is 1. The molecule has 0 aliphatic carbocycles. The fourth-order valence-electron chi connectivity index (χ4n) is 3.36. The Kier molecular flexibility index (Phi) is 3.76. The number of phenolic OH excluding ortho intramolecular Hbond substituents is 1. The summed E-state index contributed by atoms with van der Waals surface area (Å²) in [5, 5.41) is 13.2. The van der Waals surface area contributed by atoms with Crippen LogP contribution in [-0.4, -0.2) is 41.3 Å². The van der Waals surface area contributed by atoms with E-state index in [2.05, 4.69) is 5.32 Å². The number of ether oxygens (including phenoxy) is 1. The molecule has 1 atom stereocenters. The molecule has 1 amide bonds. The Morgan fingerprint density at radius 2 is 2.10 bits per heavy atom. The van der Waals surface area contributed by atoms with E-state index < -0.39 is 5.60 Å². The molecule has 0 radical (unpaired) electrons. The maximum Gasteiger partial charge on any atom is 0.410 e. The van der Waals surface area contributed by atoms with E-state index in [0.29, 0.717) is 19.0 Å². The predicted octanol–water partition coefficient (Wildman–Crippen LogP) is 2.10. The summed E-state index contributed by atoms with van der Waals surface area (Å²) in [6.07, 6.45) is 1.79. The average molecular weight is 290 g/mol. The first-order valence-corrected chi connectivity index (χ1v) is 7.54. The van der Waals surface area contributed by atoms with Crippen molar-refractivity contribution in [2.24, 2.45) is 5.92 Å². The van der Waals surface area contributed by atoms with Gasteiger partial charge in [-0.3, -0.25) is 4.90 Å². The maximum atomic E-state index is 12.2. The van der Waals surface area contributed by atoms with Crippen molar-refractivity contribution in [2.45, 2.75) is 31.9 Å². The molecular weight excluding hydrogens is 268 g/mol. The first-order valence-electron chi connectivity index (χ1n) is 7.54. The lowest BCUT2D eigenvalue weighted by atomic mass is 9.82. The molecule has 1 unspecified atom stereocenters. The highest BCUT2D eigenvalue weighted by atomic mass is 16.6. The van der Waals surface area contributed by atoms with Gasteiger partial charge in [-0.25, -0.2) is 4.79 Å². The van der Waals surface area contributed by atoms with Gasteiger partial charge in [0, 0.05) is 11.5 Å². The molecule has 2 heterocycles. The molecule has 5 nitrogen and oxygen atoms in total. The Balaban J connectivity index is 1.71. The first kappa shape index (κ1) is 14.2. The maximum absolute atomic E-state index is 12.2. The van der Waals surface area contributed by atoms with Crippen LogP contribution in [-0.2, 0) is 11.3 Å². The number of piperidine rings is 1. The molecule has 21 heavy (non-hydrogen) atoms. The summed E-state index contributed by atoms with van der Waals surface area (Å²) in [4.78, 5) is 13.8. The second kappa shape index (κ2) is 5.56. The van der Waals surface area contributed by atoms with Gasteiger partial charge in [-0.2, -0.15) is 0 Å². The van der Waals surface area contributed by atoms with E-state index in [-0.39, 0.29) is 11.8 Å². The van der Waals surface area contributed by atoms with Crippen LogP contribution in [0.2, 0.25) is 0 Å². The SMILES string of the molecule is CC1(C2CCNCC2)CN(Cc2ccccc2O)C(=O)O1. The number of nitrogens with zero attached hydrogens (tertiary/aromatic N) is 1. The van der Waals surface area contributed by atoms with Crippen LogP contribution >= 0.6 is 0 Å². The minimum atomic E-state index is -0.413. The number of carbonyl (C=O) groups is 1. The van der Waals surface area contributed by atoms with Gasteiger partial charge < -0.3 is 15.2 Å². The van der Waals surface area contributed by atoms with Crippen molar-refractivity contribution < 1.29 is 14.6 Å². The van der Waals surface area contributed by atoms with Gasteiger partial charge in [0.1, 0.15) is 11.4 Å². The Morgan fingerprint density at radius 1 is 1.38 bits per heavy atom. The summed E-state index contributed by atoms with van der Waals surface area (Å²) in [6, 6.07) is 7.12. The van der Waals surface area contributed by atoms with Gasteiger partial charge in [0.05, 0.1) is 13.1 Å². The van der Waals surface area contributed by atoms with Gasteiger partial charge in [0.2, 0.25) is 0 Å². The number of hydrogen-bond donors (Lipinski definition) is 2. The third kappa shape index (κ3) is 2.83. The minimum Gasteiger partial charge on any atom is -0.508 e. The van der Waals surface area contributed by atoms with Crippen LogP contribution in [0.5, 0.6) is 5.75 Å². The third-order valence-electron chi connectivity index (χ3n) is 4.64. The van der Waals surface area contributed by atoms with Crippen molar-refractivity contribution in [3.63, 3.8) is 0 Å². The van der Waals surface area contributed by atoms with Crippen molar-refractivity contribution in [3.8, 4) is 5.75 Å². The summed E-state index contributed by atoms with van der Waals surface area (Å²) in [5.74, 6) is 0.623. The van der Waals surface area contributed by atoms with Crippen molar-refractivity contribution in [3.05, 3.63) is 29.8 Å². The largest absolute Gasteiger partial charge is 0.508 e. The lowest BCUT2D eigenvalue weighted by molar-refractivity contribution is 0.00943. The molecule has 3 rings (SSSR count). The van der Waals surface area contributed by atoms with Crippen LogP contribution in [0.15, 0.2) is 24.3 Å². The van der Waals surface area contributed by atoms with Crippen LogP contribution in [0.4, 0.5) is 4.79 Å². The third-order valence-corrected chi connectivity index (χ3v) is 4.64. The van der Waals surface area contributed by atoms with E-state index in [1.54, 1.807) is 17.0 Å². The number of rotatable bonds is 3. The monoisotopic (exact) mass is 290 g/mol. The molecule has 2 fully saturated rings. The quantitative estimate of drug-likeness (QED) is 0.895. The van der Waals surface area contributed by atoms with E-state index in [1.165, 1.54) is 0 Å². The predicted molar refractivity (Wildman–Crippen MR) is 79.0 cm³/mol. The molecule has 0 spiro atoms. The standard InChI is InChI=1S/C16H22N2O3/c1-16(13-6-8-17-9-7-13)11-18(15(20)21-16)10-12-4-2-3-5-14(12)19/h2-5,13,17,19H,6-11H2,1H3. The topological polar surface area (TPSA) is 61.8 Å². The second-order valence-electron chi connectivity index (χ2n) is 6.19.